The molecule has 0 aromatic carbocycles. The summed E-state index contributed by atoms with van der Waals surface area (Å²) in [5.41, 5.74) is 0. The van der Waals surface area contributed by atoms with Crippen molar-refractivity contribution in [1.82, 2.24) is 4.90 Å². The molecule has 0 aromatic heterocycles. The summed E-state index contributed by atoms with van der Waals surface area (Å²) in [5, 5.41) is 0. The number of hydrogen-bond donors (Lipinski definition) is 0. The van der Waals surface area contributed by atoms with Gasteiger partial charge in [-0.25, -0.2) is 0 Å². The Morgan fingerprint density at radius 1 is 0.464 bits per heavy atom. The molecule has 0 fully saturated rings. The minimum Gasteiger partial charge on any atom is -0.461 e. The molecule has 330 valence electrons. The largest absolute Gasteiger partial charge is 0.461 e. The second kappa shape index (κ2) is 43.4. The van der Waals surface area contributed by atoms with Crippen LogP contribution in [-0.4, -0.2) is 69.2 Å². The molecule has 0 heterocycles. The standard InChI is InChI=1S/C50H96NO4P/c1-7-11-20-34-47(33-10-4)37-25-28-42-54-49(52)39-23-16-14-18-30-44-56(46-32-27-41-51(5)6)45-31-19-15-17-24-40-50(53)55-43-29-26-38-48(35-21-12-8-2)36-22-13-9-3/h25-26,28-29,47-48H,7-24,27,30-46H2,1-6H3/b28-25-,29-26-. The molecule has 0 amide bonds. The van der Waals surface area contributed by atoms with Gasteiger partial charge in [0, 0.05) is 12.8 Å². The van der Waals surface area contributed by atoms with Crippen molar-refractivity contribution < 1.29 is 19.1 Å². The number of unbranched alkanes of at least 4 members (excludes halogenated alkanes) is 15. The third-order valence-electron chi connectivity index (χ3n) is 11.3. The van der Waals surface area contributed by atoms with E-state index in [0.29, 0.717) is 26.1 Å². The van der Waals surface area contributed by atoms with Gasteiger partial charge in [-0.15, -0.1) is 7.92 Å². The molecule has 56 heavy (non-hydrogen) atoms. The van der Waals surface area contributed by atoms with E-state index in [-0.39, 0.29) is 19.9 Å². The molecule has 2 unspecified atom stereocenters. The van der Waals surface area contributed by atoms with Gasteiger partial charge in [0.15, 0.2) is 0 Å². The first kappa shape index (κ1) is 54.8. The Hall–Kier alpha value is -1.19. The number of hydrogen-bond acceptors (Lipinski definition) is 5. The molecule has 0 rings (SSSR count). The highest BCUT2D eigenvalue weighted by Gasteiger charge is 2.10. The molecule has 0 aromatic rings. The lowest BCUT2D eigenvalue weighted by Gasteiger charge is -2.18. The highest BCUT2D eigenvalue weighted by atomic mass is 31.1. The van der Waals surface area contributed by atoms with Crippen molar-refractivity contribution in [2.24, 2.45) is 11.8 Å². The fraction of sp³-hybridized carbons (Fsp3) is 0.880. The number of allylic oxidation sites excluding steroid dienone is 2. The molecule has 0 N–H and O–H groups in total. The number of carbonyl (C=O) groups is 2. The normalized spacial score (nSPS) is 13.1. The van der Waals surface area contributed by atoms with Crippen LogP contribution in [-0.2, 0) is 19.1 Å². The van der Waals surface area contributed by atoms with Crippen LogP contribution in [0.25, 0.3) is 0 Å². The van der Waals surface area contributed by atoms with Crippen LogP contribution in [0.4, 0.5) is 0 Å². The van der Waals surface area contributed by atoms with Gasteiger partial charge in [0.1, 0.15) is 13.2 Å². The van der Waals surface area contributed by atoms with Crippen LogP contribution in [0.15, 0.2) is 24.3 Å². The smallest absolute Gasteiger partial charge is 0.306 e. The number of carbonyl (C=O) groups excluding carboxylic acids is 2. The zero-order valence-electron chi connectivity index (χ0n) is 38.4. The van der Waals surface area contributed by atoms with Gasteiger partial charge < -0.3 is 14.4 Å². The second-order valence-corrected chi connectivity index (χ2v) is 19.9. The monoisotopic (exact) mass is 806 g/mol. The Bertz CT molecular complexity index is 895. The van der Waals surface area contributed by atoms with Crippen LogP contribution in [0, 0.1) is 11.8 Å². The van der Waals surface area contributed by atoms with E-state index in [0.717, 1.165) is 50.4 Å². The minimum absolute atomic E-state index is 0.0369. The molecule has 0 aliphatic carbocycles. The molecule has 0 bridgehead atoms. The fourth-order valence-corrected chi connectivity index (χ4v) is 10.4. The third kappa shape index (κ3) is 39.6. The lowest BCUT2D eigenvalue weighted by atomic mass is 9.92. The van der Waals surface area contributed by atoms with Gasteiger partial charge >= 0.3 is 11.9 Å². The topological polar surface area (TPSA) is 55.8 Å². The van der Waals surface area contributed by atoms with Crippen molar-refractivity contribution in [2.75, 3.05) is 52.3 Å². The first-order valence-electron chi connectivity index (χ1n) is 24.3. The van der Waals surface area contributed by atoms with Crippen LogP contribution >= 0.6 is 7.92 Å². The second-order valence-electron chi connectivity index (χ2n) is 17.2. The number of nitrogens with zero attached hydrogens (tertiary/aromatic N) is 1. The Balaban J connectivity index is 4.15. The van der Waals surface area contributed by atoms with E-state index >= 15 is 0 Å². The summed E-state index contributed by atoms with van der Waals surface area (Å²) in [6.07, 6.45) is 49.1. The molecule has 0 aliphatic rings. The first-order chi connectivity index (χ1) is 27.4. The van der Waals surface area contributed by atoms with E-state index in [1.165, 1.54) is 166 Å². The van der Waals surface area contributed by atoms with E-state index < -0.39 is 0 Å². The zero-order valence-corrected chi connectivity index (χ0v) is 39.3. The molecule has 0 aliphatic heterocycles. The van der Waals surface area contributed by atoms with Gasteiger partial charge in [-0.1, -0.05) is 180 Å². The van der Waals surface area contributed by atoms with Crippen LogP contribution in [0.1, 0.15) is 220 Å². The lowest BCUT2D eigenvalue weighted by molar-refractivity contribution is -0.143. The zero-order chi connectivity index (χ0) is 41.2. The number of esters is 2. The van der Waals surface area contributed by atoms with Crippen molar-refractivity contribution in [2.45, 2.75) is 220 Å². The molecular formula is C50H96NO4P. The van der Waals surface area contributed by atoms with Crippen LogP contribution in [0.3, 0.4) is 0 Å². The van der Waals surface area contributed by atoms with Gasteiger partial charge in [0.25, 0.3) is 0 Å². The van der Waals surface area contributed by atoms with Gasteiger partial charge in [0.05, 0.1) is 0 Å². The quantitative estimate of drug-likeness (QED) is 0.0266. The van der Waals surface area contributed by atoms with E-state index in [1.807, 2.05) is 0 Å². The van der Waals surface area contributed by atoms with E-state index in [2.05, 4.69) is 71.0 Å². The molecule has 6 heteroatoms. The predicted molar refractivity (Wildman–Crippen MR) is 248 cm³/mol. The maximum Gasteiger partial charge on any atom is 0.306 e. The Kier molecular flexibility index (Phi) is 42.5. The summed E-state index contributed by atoms with van der Waals surface area (Å²) < 4.78 is 11.0. The van der Waals surface area contributed by atoms with E-state index in [9.17, 15) is 9.59 Å². The van der Waals surface area contributed by atoms with Crippen molar-refractivity contribution in [1.29, 1.82) is 0 Å². The SMILES string of the molecule is CCCCCC(C/C=C\COC(=O)CCCCCCCP(CCCCCCCC(=O)OC/C=C\CC(CCCCC)CCCCC)CCCCN(C)C)CCC. The summed E-state index contributed by atoms with van der Waals surface area (Å²) in [6.45, 7) is 11.2. The van der Waals surface area contributed by atoms with E-state index in [1.54, 1.807) is 0 Å². The average Bonchev–Trinajstić information content (AvgIpc) is 3.18. The Labute approximate surface area is 351 Å². The predicted octanol–water partition coefficient (Wildman–Crippen LogP) is 15.2. The van der Waals surface area contributed by atoms with Crippen LogP contribution in [0.2, 0.25) is 0 Å². The number of ether oxygens (including phenoxy) is 2. The summed E-state index contributed by atoms with van der Waals surface area (Å²) in [6, 6.07) is 0. The van der Waals surface area contributed by atoms with Crippen LogP contribution in [0.5, 0.6) is 0 Å². The van der Waals surface area contributed by atoms with Crippen LogP contribution < -0.4 is 0 Å². The van der Waals surface area contributed by atoms with Gasteiger partial charge in [0.2, 0.25) is 0 Å². The fourth-order valence-electron chi connectivity index (χ4n) is 7.73. The number of rotatable bonds is 43. The van der Waals surface area contributed by atoms with Crippen molar-refractivity contribution in [3.05, 3.63) is 24.3 Å². The summed E-state index contributed by atoms with van der Waals surface area (Å²) >= 11 is 0. The molecule has 0 saturated heterocycles. The highest BCUT2D eigenvalue weighted by molar-refractivity contribution is 7.57. The first-order valence-corrected chi connectivity index (χ1v) is 26.2. The average molecular weight is 806 g/mol. The summed E-state index contributed by atoms with van der Waals surface area (Å²) in [4.78, 5) is 26.8. The molecule has 0 radical (unpaired) electrons. The van der Waals surface area contributed by atoms with E-state index in [4.69, 9.17) is 9.47 Å². The maximum atomic E-state index is 12.3. The van der Waals surface area contributed by atoms with Gasteiger partial charge in [-0.05, 0) is 102 Å². The maximum absolute atomic E-state index is 12.3. The van der Waals surface area contributed by atoms with Crippen molar-refractivity contribution >= 4 is 19.9 Å². The Morgan fingerprint density at radius 2 is 0.857 bits per heavy atom. The molecule has 0 saturated carbocycles. The Morgan fingerprint density at radius 3 is 1.27 bits per heavy atom. The molecular weight excluding hydrogens is 710 g/mol. The lowest BCUT2D eigenvalue weighted by Crippen LogP contribution is -2.13. The summed E-state index contributed by atoms with van der Waals surface area (Å²) in [7, 11) is 4.47. The van der Waals surface area contributed by atoms with Gasteiger partial charge in [-0.2, -0.15) is 0 Å². The third-order valence-corrected chi connectivity index (χ3v) is 14.2. The highest BCUT2D eigenvalue weighted by Crippen LogP contribution is 2.39. The van der Waals surface area contributed by atoms with Crippen molar-refractivity contribution in [3.63, 3.8) is 0 Å². The van der Waals surface area contributed by atoms with Gasteiger partial charge in [-0.3, -0.25) is 9.59 Å². The summed E-state index contributed by atoms with van der Waals surface area (Å²) in [5.74, 6) is 1.48. The molecule has 2 atom stereocenters. The van der Waals surface area contributed by atoms with Crippen molar-refractivity contribution in [3.8, 4) is 0 Å². The minimum atomic E-state index is -0.0404. The molecule has 5 nitrogen and oxygen atoms in total. The molecule has 0 spiro atoms.